The Morgan fingerprint density at radius 1 is 1.24 bits per heavy atom. The van der Waals surface area contributed by atoms with E-state index in [9.17, 15) is 9.90 Å². The number of hydrogen-bond acceptors (Lipinski definition) is 4. The number of thioether (sulfide) groups is 1. The van der Waals surface area contributed by atoms with Crippen molar-refractivity contribution < 1.29 is 9.90 Å². The number of benzene rings is 2. The van der Waals surface area contributed by atoms with Crippen molar-refractivity contribution in [2.45, 2.75) is 23.5 Å². The topological polar surface area (TPSA) is 75.4 Å². The summed E-state index contributed by atoms with van der Waals surface area (Å²) in [5.41, 5.74) is 4.22. The minimum absolute atomic E-state index is 0.202. The van der Waals surface area contributed by atoms with E-state index in [1.54, 1.807) is 23.9 Å². The SMILES string of the molecule is CC(C(=O)NN)c1ccc(CSc2ccccc2O)cc1. The molecule has 4 nitrogen and oxygen atoms in total. The fraction of sp³-hybridized carbons (Fsp3) is 0.188. The summed E-state index contributed by atoms with van der Waals surface area (Å²) < 4.78 is 0. The van der Waals surface area contributed by atoms with Gasteiger partial charge in [0.2, 0.25) is 5.91 Å². The average molecular weight is 302 g/mol. The smallest absolute Gasteiger partial charge is 0.241 e. The lowest BCUT2D eigenvalue weighted by atomic mass is 9.99. The van der Waals surface area contributed by atoms with Crippen molar-refractivity contribution in [3.8, 4) is 5.75 Å². The fourth-order valence-corrected chi connectivity index (χ4v) is 2.82. The first-order chi connectivity index (χ1) is 10.1. The summed E-state index contributed by atoms with van der Waals surface area (Å²) in [5, 5.41) is 9.72. The summed E-state index contributed by atoms with van der Waals surface area (Å²) in [7, 11) is 0. The van der Waals surface area contributed by atoms with Gasteiger partial charge in [-0.2, -0.15) is 0 Å². The number of phenolic OH excluding ortho intramolecular Hbond substituents is 1. The summed E-state index contributed by atoms with van der Waals surface area (Å²) in [6, 6.07) is 15.1. The van der Waals surface area contributed by atoms with E-state index in [-0.39, 0.29) is 11.8 Å². The highest BCUT2D eigenvalue weighted by Crippen LogP contribution is 2.30. The van der Waals surface area contributed by atoms with Crippen LogP contribution in [0.5, 0.6) is 5.75 Å². The Kier molecular flexibility index (Phi) is 5.25. The highest BCUT2D eigenvalue weighted by atomic mass is 32.2. The lowest BCUT2D eigenvalue weighted by Crippen LogP contribution is -2.33. The molecule has 4 N–H and O–H groups in total. The molecule has 5 heteroatoms. The molecule has 0 saturated heterocycles. The molecule has 2 rings (SSSR count). The van der Waals surface area contributed by atoms with Crippen molar-refractivity contribution in [3.63, 3.8) is 0 Å². The van der Waals surface area contributed by atoms with Gasteiger partial charge in [0, 0.05) is 10.6 Å². The Hall–Kier alpha value is -1.98. The molecule has 0 aliphatic heterocycles. The number of phenols is 1. The summed E-state index contributed by atoms with van der Waals surface area (Å²) in [6.07, 6.45) is 0. The molecule has 0 aliphatic carbocycles. The number of hydrogen-bond donors (Lipinski definition) is 3. The molecule has 1 unspecified atom stereocenters. The van der Waals surface area contributed by atoms with Gasteiger partial charge in [0.15, 0.2) is 0 Å². The molecule has 0 radical (unpaired) electrons. The van der Waals surface area contributed by atoms with Gasteiger partial charge in [-0.3, -0.25) is 10.2 Å². The Morgan fingerprint density at radius 3 is 2.52 bits per heavy atom. The van der Waals surface area contributed by atoms with E-state index < -0.39 is 0 Å². The summed E-state index contributed by atoms with van der Waals surface area (Å²) in [5.74, 6) is 5.73. The minimum atomic E-state index is -0.269. The van der Waals surface area contributed by atoms with E-state index in [0.717, 1.165) is 21.8 Å². The van der Waals surface area contributed by atoms with E-state index in [0.29, 0.717) is 5.75 Å². The molecular formula is C16H18N2O2S. The lowest BCUT2D eigenvalue weighted by Gasteiger charge is -2.11. The van der Waals surface area contributed by atoms with Gasteiger partial charge in [-0.25, -0.2) is 5.84 Å². The molecule has 0 bridgehead atoms. The van der Waals surface area contributed by atoms with Crippen LogP contribution in [0.3, 0.4) is 0 Å². The second kappa shape index (κ2) is 7.15. The lowest BCUT2D eigenvalue weighted by molar-refractivity contribution is -0.122. The Labute approximate surface area is 128 Å². The van der Waals surface area contributed by atoms with Crippen molar-refractivity contribution in [3.05, 3.63) is 59.7 Å². The highest BCUT2D eigenvalue weighted by molar-refractivity contribution is 7.98. The number of amides is 1. The zero-order chi connectivity index (χ0) is 15.2. The number of carbonyl (C=O) groups excluding carboxylic acids is 1. The molecule has 0 aromatic heterocycles. The fourth-order valence-electron chi connectivity index (χ4n) is 1.92. The number of nitrogens with two attached hydrogens (primary N) is 1. The largest absolute Gasteiger partial charge is 0.507 e. The number of aromatic hydroxyl groups is 1. The second-order valence-corrected chi connectivity index (χ2v) is 5.75. The normalized spacial score (nSPS) is 11.9. The maximum absolute atomic E-state index is 11.5. The van der Waals surface area contributed by atoms with Crippen LogP contribution in [0.4, 0.5) is 0 Å². The van der Waals surface area contributed by atoms with Gasteiger partial charge in [0.05, 0.1) is 5.92 Å². The number of para-hydroxylation sites is 1. The van der Waals surface area contributed by atoms with Gasteiger partial charge >= 0.3 is 0 Å². The molecule has 0 fully saturated rings. The number of carbonyl (C=O) groups is 1. The Bertz CT molecular complexity index is 614. The van der Waals surface area contributed by atoms with E-state index in [1.165, 1.54) is 0 Å². The van der Waals surface area contributed by atoms with Crippen LogP contribution in [0, 0.1) is 0 Å². The van der Waals surface area contributed by atoms with Crippen LogP contribution in [0.25, 0.3) is 0 Å². The predicted octanol–water partition coefficient (Wildman–Crippen LogP) is 2.78. The molecule has 21 heavy (non-hydrogen) atoms. The first-order valence-corrected chi connectivity index (χ1v) is 7.60. The van der Waals surface area contributed by atoms with Crippen LogP contribution >= 0.6 is 11.8 Å². The zero-order valence-electron chi connectivity index (χ0n) is 11.7. The van der Waals surface area contributed by atoms with Gasteiger partial charge in [-0.15, -0.1) is 11.8 Å². The third kappa shape index (κ3) is 4.00. The zero-order valence-corrected chi connectivity index (χ0v) is 12.6. The molecule has 2 aromatic carbocycles. The molecule has 0 spiro atoms. The molecular weight excluding hydrogens is 284 g/mol. The summed E-state index contributed by atoms with van der Waals surface area (Å²) >= 11 is 1.58. The Balaban J connectivity index is 2.00. The van der Waals surface area contributed by atoms with E-state index in [4.69, 9.17) is 5.84 Å². The molecule has 1 atom stereocenters. The number of nitrogens with one attached hydrogen (secondary N) is 1. The van der Waals surface area contributed by atoms with Crippen LogP contribution in [0.15, 0.2) is 53.4 Å². The van der Waals surface area contributed by atoms with Gasteiger partial charge in [0.25, 0.3) is 0 Å². The summed E-state index contributed by atoms with van der Waals surface area (Å²) in [6.45, 7) is 1.81. The predicted molar refractivity (Wildman–Crippen MR) is 84.9 cm³/mol. The quantitative estimate of drug-likeness (QED) is 0.343. The second-order valence-electron chi connectivity index (χ2n) is 4.73. The molecule has 0 heterocycles. The standard InChI is InChI=1S/C16H18N2O2S/c1-11(16(20)18-17)13-8-6-12(7-9-13)10-21-15-5-3-2-4-14(15)19/h2-9,11,19H,10,17H2,1H3,(H,18,20). The van der Waals surface area contributed by atoms with Crippen molar-refractivity contribution in [2.24, 2.45) is 5.84 Å². The third-order valence-corrected chi connectivity index (χ3v) is 4.41. The maximum Gasteiger partial charge on any atom is 0.241 e. The van der Waals surface area contributed by atoms with Crippen molar-refractivity contribution >= 4 is 17.7 Å². The highest BCUT2D eigenvalue weighted by Gasteiger charge is 2.13. The van der Waals surface area contributed by atoms with Gasteiger partial charge < -0.3 is 5.11 Å². The summed E-state index contributed by atoms with van der Waals surface area (Å²) in [4.78, 5) is 12.3. The molecule has 110 valence electrons. The van der Waals surface area contributed by atoms with Crippen LogP contribution in [-0.4, -0.2) is 11.0 Å². The Morgan fingerprint density at radius 2 is 1.90 bits per heavy atom. The van der Waals surface area contributed by atoms with Crippen molar-refractivity contribution in [1.29, 1.82) is 0 Å². The van der Waals surface area contributed by atoms with Crippen LogP contribution in [0.1, 0.15) is 24.0 Å². The number of hydrazine groups is 1. The molecule has 1 amide bonds. The van der Waals surface area contributed by atoms with Crippen LogP contribution < -0.4 is 11.3 Å². The van der Waals surface area contributed by atoms with Gasteiger partial charge in [-0.1, -0.05) is 36.4 Å². The van der Waals surface area contributed by atoms with E-state index >= 15 is 0 Å². The molecule has 0 saturated carbocycles. The van der Waals surface area contributed by atoms with Crippen LogP contribution in [0.2, 0.25) is 0 Å². The van der Waals surface area contributed by atoms with Crippen LogP contribution in [-0.2, 0) is 10.5 Å². The van der Waals surface area contributed by atoms with Gasteiger partial charge in [0.1, 0.15) is 5.75 Å². The van der Waals surface area contributed by atoms with Gasteiger partial charge in [-0.05, 0) is 30.2 Å². The van der Waals surface area contributed by atoms with Crippen molar-refractivity contribution in [2.75, 3.05) is 0 Å². The number of rotatable bonds is 5. The maximum atomic E-state index is 11.5. The van der Waals surface area contributed by atoms with E-state index in [2.05, 4.69) is 5.43 Å². The monoisotopic (exact) mass is 302 g/mol. The first-order valence-electron chi connectivity index (χ1n) is 6.62. The van der Waals surface area contributed by atoms with E-state index in [1.807, 2.05) is 43.3 Å². The first kappa shape index (κ1) is 15.4. The average Bonchev–Trinajstić information content (AvgIpc) is 2.53. The third-order valence-electron chi connectivity index (χ3n) is 3.27. The van der Waals surface area contributed by atoms with Crippen molar-refractivity contribution in [1.82, 2.24) is 5.43 Å². The molecule has 2 aromatic rings. The minimum Gasteiger partial charge on any atom is -0.507 e. The molecule has 0 aliphatic rings.